The zero-order chi connectivity index (χ0) is 14.9. The first-order valence-electron chi connectivity index (χ1n) is 7.78. The van der Waals surface area contributed by atoms with Gasteiger partial charge in [0, 0.05) is 19.5 Å². The third-order valence-corrected chi connectivity index (χ3v) is 5.55. The summed E-state index contributed by atoms with van der Waals surface area (Å²) in [6.45, 7) is 6.91. The van der Waals surface area contributed by atoms with Crippen molar-refractivity contribution in [3.63, 3.8) is 0 Å². The van der Waals surface area contributed by atoms with Crippen molar-refractivity contribution in [1.29, 1.82) is 0 Å². The van der Waals surface area contributed by atoms with Gasteiger partial charge in [0.1, 0.15) is 0 Å². The second kappa shape index (κ2) is 6.07. The minimum Gasteiger partial charge on any atom is -0.316 e. The molecule has 0 saturated heterocycles. The Balaban J connectivity index is 2.21. The topological polar surface area (TPSA) is 29.9 Å². The molecule has 3 nitrogen and oxygen atoms in total. The zero-order valence-electron chi connectivity index (χ0n) is 13.5. The third-order valence-electron chi connectivity index (χ3n) is 5.11. The van der Waals surface area contributed by atoms with Crippen molar-refractivity contribution in [2.45, 2.75) is 58.9 Å². The molecule has 1 saturated carbocycles. The number of aromatic nitrogens is 2. The summed E-state index contributed by atoms with van der Waals surface area (Å²) in [5, 5.41) is 8.93. The Bertz CT molecular complexity index is 465. The van der Waals surface area contributed by atoms with Crippen LogP contribution in [0.15, 0.2) is 0 Å². The van der Waals surface area contributed by atoms with E-state index in [0.717, 1.165) is 23.6 Å². The largest absolute Gasteiger partial charge is 0.316 e. The maximum Gasteiger partial charge on any atom is 0.0850 e. The van der Waals surface area contributed by atoms with E-state index in [4.69, 9.17) is 11.6 Å². The highest BCUT2D eigenvalue weighted by Crippen LogP contribution is 2.45. The van der Waals surface area contributed by atoms with E-state index >= 15 is 0 Å². The van der Waals surface area contributed by atoms with Crippen molar-refractivity contribution in [3.05, 3.63) is 16.4 Å². The van der Waals surface area contributed by atoms with Crippen LogP contribution in [-0.2, 0) is 19.9 Å². The number of rotatable bonds is 5. The van der Waals surface area contributed by atoms with Crippen molar-refractivity contribution >= 4 is 11.6 Å². The summed E-state index contributed by atoms with van der Waals surface area (Å²) in [5.74, 6) is 0.712. The van der Waals surface area contributed by atoms with Crippen LogP contribution in [0, 0.1) is 11.3 Å². The average Bonchev–Trinajstić information content (AvgIpc) is 2.88. The van der Waals surface area contributed by atoms with E-state index in [9.17, 15) is 0 Å². The molecule has 1 N–H and O–H groups in total. The molecule has 0 radical (unpaired) electrons. The van der Waals surface area contributed by atoms with Gasteiger partial charge in [-0.05, 0) is 37.6 Å². The molecule has 1 aliphatic carbocycles. The molecule has 0 amide bonds. The molecular formula is C16H28ClN3. The van der Waals surface area contributed by atoms with Gasteiger partial charge < -0.3 is 5.32 Å². The maximum atomic E-state index is 6.50. The van der Waals surface area contributed by atoms with Gasteiger partial charge >= 0.3 is 0 Å². The Morgan fingerprint density at radius 2 is 2.20 bits per heavy atom. The van der Waals surface area contributed by atoms with Gasteiger partial charge in [-0.3, -0.25) is 4.68 Å². The van der Waals surface area contributed by atoms with Gasteiger partial charge in [-0.15, -0.1) is 0 Å². The molecule has 1 aromatic rings. The molecular weight excluding hydrogens is 270 g/mol. The van der Waals surface area contributed by atoms with Gasteiger partial charge in [0.05, 0.1) is 16.4 Å². The van der Waals surface area contributed by atoms with E-state index in [2.05, 4.69) is 38.2 Å². The molecule has 1 heterocycles. The smallest absolute Gasteiger partial charge is 0.0850 e. The van der Waals surface area contributed by atoms with E-state index in [1.807, 2.05) is 11.7 Å². The molecule has 20 heavy (non-hydrogen) atoms. The summed E-state index contributed by atoms with van der Waals surface area (Å²) in [6, 6.07) is 0.477. The van der Waals surface area contributed by atoms with Crippen molar-refractivity contribution in [2.75, 3.05) is 7.05 Å². The van der Waals surface area contributed by atoms with Crippen LogP contribution in [0.1, 0.15) is 51.4 Å². The molecule has 0 spiro atoms. The molecule has 0 aromatic carbocycles. The molecule has 4 heteroatoms. The van der Waals surface area contributed by atoms with Crippen molar-refractivity contribution in [2.24, 2.45) is 18.4 Å². The fraction of sp³-hybridized carbons (Fsp3) is 0.812. The summed E-state index contributed by atoms with van der Waals surface area (Å²) in [4.78, 5) is 0. The second-order valence-corrected chi connectivity index (χ2v) is 7.15. The first-order valence-corrected chi connectivity index (χ1v) is 8.16. The monoisotopic (exact) mass is 297 g/mol. The minimum absolute atomic E-state index is 0.423. The lowest BCUT2D eigenvalue weighted by Crippen LogP contribution is -2.40. The number of nitrogens with one attached hydrogen (secondary N) is 1. The van der Waals surface area contributed by atoms with E-state index in [-0.39, 0.29) is 0 Å². The summed E-state index contributed by atoms with van der Waals surface area (Å²) >= 11 is 6.50. The summed E-state index contributed by atoms with van der Waals surface area (Å²) < 4.78 is 1.97. The van der Waals surface area contributed by atoms with Crippen LogP contribution < -0.4 is 5.32 Å². The Morgan fingerprint density at radius 3 is 2.65 bits per heavy atom. The fourth-order valence-electron chi connectivity index (χ4n) is 3.79. The van der Waals surface area contributed by atoms with Gasteiger partial charge in [-0.1, -0.05) is 38.8 Å². The van der Waals surface area contributed by atoms with Crippen molar-refractivity contribution in [1.82, 2.24) is 15.1 Å². The number of halogens is 1. The average molecular weight is 298 g/mol. The van der Waals surface area contributed by atoms with Crippen LogP contribution in [0.2, 0.25) is 5.02 Å². The predicted octanol–water partition coefficient (Wildman–Crippen LogP) is 3.59. The van der Waals surface area contributed by atoms with Gasteiger partial charge in [0.25, 0.3) is 0 Å². The van der Waals surface area contributed by atoms with Gasteiger partial charge in [0.2, 0.25) is 0 Å². The summed E-state index contributed by atoms with van der Waals surface area (Å²) in [5.41, 5.74) is 2.61. The summed E-state index contributed by atoms with van der Waals surface area (Å²) in [7, 11) is 4.08. The molecule has 2 unspecified atom stereocenters. The molecule has 0 aliphatic heterocycles. The number of likely N-dealkylation sites (N-methyl/N-ethyl adjacent to an activating group) is 1. The Morgan fingerprint density at radius 1 is 1.50 bits per heavy atom. The van der Waals surface area contributed by atoms with Crippen LogP contribution in [0.4, 0.5) is 0 Å². The van der Waals surface area contributed by atoms with Gasteiger partial charge in [-0.2, -0.15) is 5.10 Å². The van der Waals surface area contributed by atoms with E-state index in [0.29, 0.717) is 17.4 Å². The highest BCUT2D eigenvalue weighted by atomic mass is 35.5. The number of nitrogens with zero attached hydrogens (tertiary/aromatic N) is 2. The van der Waals surface area contributed by atoms with Crippen LogP contribution in [0.3, 0.4) is 0 Å². The number of hydrogen-bond acceptors (Lipinski definition) is 2. The molecule has 2 rings (SSSR count). The van der Waals surface area contributed by atoms with Crippen molar-refractivity contribution < 1.29 is 0 Å². The van der Waals surface area contributed by atoms with Crippen LogP contribution >= 0.6 is 11.6 Å². The van der Waals surface area contributed by atoms with Gasteiger partial charge in [0.15, 0.2) is 0 Å². The van der Waals surface area contributed by atoms with Gasteiger partial charge in [-0.25, -0.2) is 0 Å². The zero-order valence-corrected chi connectivity index (χ0v) is 14.2. The summed E-state index contributed by atoms with van der Waals surface area (Å²) in [6.07, 6.45) is 5.84. The molecule has 114 valence electrons. The Labute approximate surface area is 128 Å². The predicted molar refractivity (Wildman–Crippen MR) is 85.3 cm³/mol. The standard InChI is InChI=1S/C16H28ClN3/c1-6-12-15(17)14(20(5)19-12)10-13(18-4)11-8-7-9-16(11,2)3/h11,13,18H,6-10H2,1-5H3. The van der Waals surface area contributed by atoms with Crippen LogP contribution in [0.25, 0.3) is 0 Å². The van der Waals surface area contributed by atoms with Crippen LogP contribution in [0.5, 0.6) is 0 Å². The SMILES string of the molecule is CCc1nn(C)c(CC(NC)C2CCCC2(C)C)c1Cl. The maximum absolute atomic E-state index is 6.50. The molecule has 1 aromatic heterocycles. The minimum atomic E-state index is 0.423. The van der Waals surface area contributed by atoms with E-state index < -0.39 is 0 Å². The Hall–Kier alpha value is -0.540. The molecule has 1 fully saturated rings. The first kappa shape index (κ1) is 15.8. The lowest BCUT2D eigenvalue weighted by molar-refractivity contribution is 0.200. The number of hydrogen-bond donors (Lipinski definition) is 1. The fourth-order valence-corrected chi connectivity index (χ4v) is 4.17. The lowest BCUT2D eigenvalue weighted by atomic mass is 9.76. The van der Waals surface area contributed by atoms with Crippen LogP contribution in [-0.4, -0.2) is 22.9 Å². The quantitative estimate of drug-likeness (QED) is 0.900. The molecule has 2 atom stereocenters. The first-order chi connectivity index (χ1) is 9.40. The van der Waals surface area contributed by atoms with Crippen molar-refractivity contribution in [3.8, 4) is 0 Å². The lowest BCUT2D eigenvalue weighted by Gasteiger charge is -2.34. The normalized spacial score (nSPS) is 23.2. The number of aryl methyl sites for hydroxylation is 2. The Kier molecular flexibility index (Phi) is 4.80. The molecule has 0 bridgehead atoms. The highest BCUT2D eigenvalue weighted by molar-refractivity contribution is 6.31. The second-order valence-electron chi connectivity index (χ2n) is 6.77. The highest BCUT2D eigenvalue weighted by Gasteiger charge is 2.39. The van der Waals surface area contributed by atoms with E-state index in [1.165, 1.54) is 25.0 Å². The third kappa shape index (κ3) is 2.89. The molecule has 1 aliphatic rings. The van der Waals surface area contributed by atoms with E-state index in [1.54, 1.807) is 0 Å².